The fraction of sp³-hybridized carbons (Fsp3) is 0.500. The lowest BCUT2D eigenvalue weighted by Crippen LogP contribution is -2.24. The number of aliphatic hydroxyl groups is 2. The lowest BCUT2D eigenvalue weighted by atomic mass is 10.3. The van der Waals surface area contributed by atoms with E-state index in [0.717, 1.165) is 0 Å². The minimum Gasteiger partial charge on any atom is -0.485 e. The lowest BCUT2D eigenvalue weighted by molar-refractivity contribution is 0.0530. The number of hydrogen-bond donors (Lipinski definition) is 2. The summed E-state index contributed by atoms with van der Waals surface area (Å²) in [5, 5.41) is 17.7. The molecule has 0 saturated heterocycles. The Morgan fingerprint density at radius 1 is 1.62 bits per heavy atom. The summed E-state index contributed by atoms with van der Waals surface area (Å²) in [6.07, 6.45) is 0.516. The molecule has 0 saturated carbocycles. The zero-order valence-electron chi connectivity index (χ0n) is 8.89. The number of hydrogen-bond acceptors (Lipinski definition) is 4. The Hall–Kier alpha value is -1.04. The second-order valence-electron chi connectivity index (χ2n) is 3.39. The molecular weight excluding hydrogens is 234 g/mol. The SMILES string of the molecule is Cn1cc(OCC(O)CO)c(=O)cc1CCl. The molecule has 1 rings (SSSR count). The maximum absolute atomic E-state index is 11.5. The van der Waals surface area contributed by atoms with Crippen molar-refractivity contribution in [3.8, 4) is 5.75 Å². The van der Waals surface area contributed by atoms with Gasteiger partial charge in [-0.15, -0.1) is 11.6 Å². The molecule has 5 nitrogen and oxygen atoms in total. The van der Waals surface area contributed by atoms with E-state index in [0.29, 0.717) is 5.69 Å². The highest BCUT2D eigenvalue weighted by molar-refractivity contribution is 6.16. The van der Waals surface area contributed by atoms with Crippen molar-refractivity contribution in [3.05, 3.63) is 28.2 Å². The predicted octanol–water partition coefficient (Wildman–Crippen LogP) is -0.144. The second kappa shape index (κ2) is 5.89. The molecule has 0 radical (unpaired) electrons. The van der Waals surface area contributed by atoms with Gasteiger partial charge < -0.3 is 19.5 Å². The minimum atomic E-state index is -0.989. The van der Waals surface area contributed by atoms with Gasteiger partial charge in [-0.1, -0.05) is 0 Å². The highest BCUT2D eigenvalue weighted by atomic mass is 35.5. The van der Waals surface area contributed by atoms with Crippen molar-refractivity contribution < 1.29 is 14.9 Å². The van der Waals surface area contributed by atoms with Gasteiger partial charge in [0.25, 0.3) is 0 Å². The van der Waals surface area contributed by atoms with E-state index in [9.17, 15) is 4.79 Å². The van der Waals surface area contributed by atoms with E-state index in [1.54, 1.807) is 11.6 Å². The molecule has 0 spiro atoms. The van der Waals surface area contributed by atoms with Gasteiger partial charge in [0, 0.05) is 18.8 Å². The van der Waals surface area contributed by atoms with Crippen molar-refractivity contribution >= 4 is 11.6 Å². The van der Waals surface area contributed by atoms with Crippen LogP contribution < -0.4 is 10.2 Å². The van der Waals surface area contributed by atoms with Crippen LogP contribution >= 0.6 is 11.6 Å². The molecule has 16 heavy (non-hydrogen) atoms. The van der Waals surface area contributed by atoms with Crippen molar-refractivity contribution in [3.63, 3.8) is 0 Å². The molecular formula is C10H14ClNO4. The smallest absolute Gasteiger partial charge is 0.223 e. The minimum absolute atomic E-state index is 0.119. The van der Waals surface area contributed by atoms with Crippen LogP contribution in [0.3, 0.4) is 0 Å². The number of halogens is 1. The van der Waals surface area contributed by atoms with Gasteiger partial charge in [0.2, 0.25) is 5.43 Å². The molecule has 90 valence electrons. The molecule has 1 unspecified atom stereocenters. The molecule has 0 aliphatic carbocycles. The average molecular weight is 248 g/mol. The number of nitrogens with zero attached hydrogens (tertiary/aromatic N) is 1. The summed E-state index contributed by atoms with van der Waals surface area (Å²) in [5.74, 6) is 0.370. The highest BCUT2D eigenvalue weighted by Gasteiger charge is 2.08. The van der Waals surface area contributed by atoms with Crippen molar-refractivity contribution in [2.24, 2.45) is 7.05 Å². The number of ether oxygens (including phenoxy) is 1. The van der Waals surface area contributed by atoms with Crippen LogP contribution in [0.25, 0.3) is 0 Å². The molecule has 0 aliphatic heterocycles. The fourth-order valence-electron chi connectivity index (χ4n) is 1.13. The van der Waals surface area contributed by atoms with Crippen LogP contribution in [-0.4, -0.2) is 34.1 Å². The van der Waals surface area contributed by atoms with Crippen molar-refractivity contribution in [1.82, 2.24) is 4.57 Å². The van der Waals surface area contributed by atoms with Crippen LogP contribution in [0.5, 0.6) is 5.75 Å². The van der Waals surface area contributed by atoms with Crippen LogP contribution in [-0.2, 0) is 12.9 Å². The Morgan fingerprint density at radius 2 is 2.31 bits per heavy atom. The predicted molar refractivity (Wildman–Crippen MR) is 59.8 cm³/mol. The summed E-state index contributed by atoms with van der Waals surface area (Å²) < 4.78 is 6.76. The van der Waals surface area contributed by atoms with E-state index in [2.05, 4.69) is 0 Å². The molecule has 1 aromatic heterocycles. The quantitative estimate of drug-likeness (QED) is 0.711. The topological polar surface area (TPSA) is 71.7 Å². The Morgan fingerprint density at radius 3 is 2.88 bits per heavy atom. The normalized spacial score (nSPS) is 12.5. The summed E-state index contributed by atoms with van der Waals surface area (Å²) in [4.78, 5) is 11.5. The Kier molecular flexibility index (Phi) is 4.79. The highest BCUT2D eigenvalue weighted by Crippen LogP contribution is 2.07. The number of rotatable bonds is 5. The standard InChI is InChI=1S/C10H14ClNO4/c1-12-4-10(16-6-8(14)5-13)9(15)2-7(12)3-11/h2,4,8,13-14H,3,5-6H2,1H3. The molecule has 1 atom stereocenters. The maximum Gasteiger partial charge on any atom is 0.223 e. The Bertz CT molecular complexity index is 404. The van der Waals surface area contributed by atoms with E-state index in [1.807, 2.05) is 0 Å². The van der Waals surface area contributed by atoms with Crippen molar-refractivity contribution in [1.29, 1.82) is 0 Å². The summed E-state index contributed by atoms with van der Waals surface area (Å²) >= 11 is 5.63. The molecule has 0 aromatic carbocycles. The zero-order valence-corrected chi connectivity index (χ0v) is 9.65. The van der Waals surface area contributed by atoms with Gasteiger partial charge in [-0.25, -0.2) is 0 Å². The number of aryl methyl sites for hydroxylation is 1. The Balaban J connectivity index is 2.82. The van der Waals surface area contributed by atoms with E-state index in [4.69, 9.17) is 26.6 Å². The monoisotopic (exact) mass is 247 g/mol. The van der Waals surface area contributed by atoms with E-state index >= 15 is 0 Å². The molecule has 0 aliphatic rings. The van der Waals surface area contributed by atoms with Gasteiger partial charge >= 0.3 is 0 Å². The van der Waals surface area contributed by atoms with Crippen LogP contribution in [0.4, 0.5) is 0 Å². The first-order valence-electron chi connectivity index (χ1n) is 4.75. The summed E-state index contributed by atoms with van der Waals surface area (Å²) in [7, 11) is 1.74. The first kappa shape index (κ1) is 13.0. The van der Waals surface area contributed by atoms with E-state index in [-0.39, 0.29) is 23.7 Å². The molecule has 0 amide bonds. The molecule has 0 bridgehead atoms. The van der Waals surface area contributed by atoms with E-state index < -0.39 is 12.7 Å². The average Bonchev–Trinajstić information content (AvgIpc) is 2.29. The number of aromatic nitrogens is 1. The van der Waals surface area contributed by atoms with Crippen LogP contribution in [0, 0.1) is 0 Å². The molecule has 0 fully saturated rings. The van der Waals surface area contributed by atoms with Gasteiger partial charge in [-0.3, -0.25) is 4.79 Å². The number of aliphatic hydroxyl groups excluding tert-OH is 2. The molecule has 6 heteroatoms. The van der Waals surface area contributed by atoms with Crippen molar-refractivity contribution in [2.45, 2.75) is 12.0 Å². The lowest BCUT2D eigenvalue weighted by Gasteiger charge is -2.11. The summed E-state index contributed by atoms with van der Waals surface area (Å²) in [6, 6.07) is 1.38. The zero-order chi connectivity index (χ0) is 12.1. The molecule has 2 N–H and O–H groups in total. The van der Waals surface area contributed by atoms with Crippen LogP contribution in [0.15, 0.2) is 17.1 Å². The van der Waals surface area contributed by atoms with Crippen LogP contribution in [0.2, 0.25) is 0 Å². The maximum atomic E-state index is 11.5. The summed E-state index contributed by atoms with van der Waals surface area (Å²) in [5.41, 5.74) is 0.389. The van der Waals surface area contributed by atoms with Gasteiger partial charge in [0.15, 0.2) is 5.75 Å². The largest absolute Gasteiger partial charge is 0.485 e. The third kappa shape index (κ3) is 3.23. The molecule has 1 aromatic rings. The number of pyridine rings is 1. The Labute approximate surface area is 97.9 Å². The van der Waals surface area contributed by atoms with Gasteiger partial charge in [-0.2, -0.15) is 0 Å². The van der Waals surface area contributed by atoms with Crippen molar-refractivity contribution in [2.75, 3.05) is 13.2 Å². The molecule has 1 heterocycles. The van der Waals surface area contributed by atoms with Gasteiger partial charge in [0.05, 0.1) is 18.7 Å². The third-order valence-corrected chi connectivity index (χ3v) is 2.36. The van der Waals surface area contributed by atoms with E-state index in [1.165, 1.54) is 12.3 Å². The second-order valence-corrected chi connectivity index (χ2v) is 3.65. The van der Waals surface area contributed by atoms with Gasteiger partial charge in [-0.05, 0) is 0 Å². The fourth-order valence-corrected chi connectivity index (χ4v) is 1.39. The third-order valence-electron chi connectivity index (χ3n) is 2.08. The first-order chi connectivity index (χ1) is 7.58. The summed E-state index contributed by atoms with van der Waals surface area (Å²) in [6.45, 7) is -0.522. The number of alkyl halides is 1. The first-order valence-corrected chi connectivity index (χ1v) is 5.29. The van der Waals surface area contributed by atoms with Crippen LogP contribution in [0.1, 0.15) is 5.69 Å². The van der Waals surface area contributed by atoms with Gasteiger partial charge in [0.1, 0.15) is 12.7 Å².